The second kappa shape index (κ2) is 3.97. The molecule has 0 amide bonds. The molecule has 78 valence electrons. The van der Waals surface area contributed by atoms with Gasteiger partial charge in [-0.25, -0.2) is 0 Å². The maximum Gasteiger partial charge on any atom is 0.0246 e. The molecule has 2 heteroatoms. The van der Waals surface area contributed by atoms with Gasteiger partial charge >= 0.3 is 0 Å². The lowest BCUT2D eigenvalue weighted by atomic mass is 9.84. The van der Waals surface area contributed by atoms with E-state index >= 15 is 0 Å². The molecule has 0 aromatic carbocycles. The molecule has 0 aromatic heterocycles. The fourth-order valence-corrected chi connectivity index (χ4v) is 1.83. The van der Waals surface area contributed by atoms with Crippen LogP contribution in [0.5, 0.6) is 0 Å². The number of nitrogens with one attached hydrogen (secondary N) is 1. The van der Waals surface area contributed by atoms with E-state index < -0.39 is 0 Å². The third kappa shape index (κ3) is 2.68. The van der Waals surface area contributed by atoms with Crippen LogP contribution in [-0.4, -0.2) is 37.1 Å². The van der Waals surface area contributed by atoms with E-state index in [4.69, 9.17) is 0 Å². The Labute approximate surface area is 82.7 Å². The molecule has 0 radical (unpaired) electrons. The van der Waals surface area contributed by atoms with Gasteiger partial charge in [0.2, 0.25) is 0 Å². The summed E-state index contributed by atoms with van der Waals surface area (Å²) in [6.07, 6.45) is 1.31. The highest BCUT2D eigenvalue weighted by Crippen LogP contribution is 2.30. The molecule has 1 unspecified atom stereocenters. The van der Waals surface area contributed by atoms with E-state index in [1.165, 1.54) is 19.5 Å². The number of hydrogen-bond acceptors (Lipinski definition) is 2. The molecule has 1 rings (SSSR count). The summed E-state index contributed by atoms with van der Waals surface area (Å²) in [4.78, 5) is 2.42. The van der Waals surface area contributed by atoms with Crippen LogP contribution in [0, 0.1) is 5.41 Å². The predicted octanol–water partition coefficient (Wildman–Crippen LogP) is 1.71. The molecule has 0 aromatic rings. The Morgan fingerprint density at radius 2 is 2.08 bits per heavy atom. The SMILES string of the molecule is CC(C)N(C)CC1NCCC1(C)C. The van der Waals surface area contributed by atoms with Crippen molar-refractivity contribution in [2.45, 2.75) is 46.2 Å². The second-order valence-electron chi connectivity index (χ2n) is 5.28. The van der Waals surface area contributed by atoms with Crippen molar-refractivity contribution in [2.24, 2.45) is 5.41 Å². The van der Waals surface area contributed by atoms with Crippen LogP contribution in [0.25, 0.3) is 0 Å². The molecule has 1 aliphatic rings. The quantitative estimate of drug-likeness (QED) is 0.718. The molecule has 1 heterocycles. The number of nitrogens with zero attached hydrogens (tertiary/aromatic N) is 1. The lowest BCUT2D eigenvalue weighted by molar-refractivity contribution is 0.195. The highest BCUT2D eigenvalue weighted by atomic mass is 15.2. The summed E-state index contributed by atoms with van der Waals surface area (Å²) in [5.41, 5.74) is 0.475. The normalized spacial score (nSPS) is 27.5. The molecule has 13 heavy (non-hydrogen) atoms. The zero-order valence-corrected chi connectivity index (χ0v) is 9.72. The molecule has 0 saturated carbocycles. The van der Waals surface area contributed by atoms with E-state index in [-0.39, 0.29) is 0 Å². The standard InChI is InChI=1S/C11H24N2/c1-9(2)13(5)8-10-11(3,4)6-7-12-10/h9-10,12H,6-8H2,1-5H3. The number of likely N-dealkylation sites (N-methyl/N-ethyl adjacent to an activating group) is 1. The molecule has 1 N–H and O–H groups in total. The average molecular weight is 184 g/mol. The minimum atomic E-state index is 0.475. The second-order valence-corrected chi connectivity index (χ2v) is 5.28. The molecule has 0 aliphatic carbocycles. The molecule has 1 atom stereocenters. The van der Waals surface area contributed by atoms with Crippen LogP contribution in [-0.2, 0) is 0 Å². The van der Waals surface area contributed by atoms with Crippen LogP contribution in [0.4, 0.5) is 0 Å². The molecule has 1 fully saturated rings. The van der Waals surface area contributed by atoms with Gasteiger partial charge in [-0.05, 0) is 39.3 Å². The Bertz CT molecular complexity index is 163. The van der Waals surface area contributed by atoms with Gasteiger partial charge in [0.15, 0.2) is 0 Å². The van der Waals surface area contributed by atoms with E-state index in [1.807, 2.05) is 0 Å². The van der Waals surface area contributed by atoms with Crippen LogP contribution in [0.1, 0.15) is 34.1 Å². The summed E-state index contributed by atoms with van der Waals surface area (Å²) in [6, 6.07) is 1.32. The predicted molar refractivity (Wildman–Crippen MR) is 58.0 cm³/mol. The highest BCUT2D eigenvalue weighted by molar-refractivity contribution is 4.92. The van der Waals surface area contributed by atoms with E-state index in [9.17, 15) is 0 Å². The largest absolute Gasteiger partial charge is 0.312 e. The molecular weight excluding hydrogens is 160 g/mol. The maximum atomic E-state index is 3.59. The first-order chi connectivity index (χ1) is 5.93. The van der Waals surface area contributed by atoms with Gasteiger partial charge in [-0.15, -0.1) is 0 Å². The van der Waals surface area contributed by atoms with Crippen molar-refractivity contribution in [3.05, 3.63) is 0 Å². The minimum Gasteiger partial charge on any atom is -0.312 e. The first-order valence-electron chi connectivity index (χ1n) is 5.37. The zero-order valence-electron chi connectivity index (χ0n) is 9.72. The summed E-state index contributed by atoms with van der Waals surface area (Å²) < 4.78 is 0. The average Bonchev–Trinajstić information content (AvgIpc) is 2.30. The number of rotatable bonds is 3. The van der Waals surface area contributed by atoms with Crippen LogP contribution in [0.3, 0.4) is 0 Å². The summed E-state index contributed by atoms with van der Waals surface area (Å²) >= 11 is 0. The highest BCUT2D eigenvalue weighted by Gasteiger charge is 2.34. The third-order valence-corrected chi connectivity index (χ3v) is 3.46. The fraction of sp³-hybridized carbons (Fsp3) is 1.00. The lowest BCUT2D eigenvalue weighted by Crippen LogP contribution is -2.44. The molecule has 0 spiro atoms. The van der Waals surface area contributed by atoms with Gasteiger partial charge < -0.3 is 10.2 Å². The molecule has 1 aliphatic heterocycles. The van der Waals surface area contributed by atoms with E-state index in [0.717, 1.165) is 0 Å². The van der Waals surface area contributed by atoms with Crippen LogP contribution >= 0.6 is 0 Å². The van der Waals surface area contributed by atoms with Crippen molar-refractivity contribution >= 4 is 0 Å². The summed E-state index contributed by atoms with van der Waals surface area (Å²) in [7, 11) is 2.21. The topological polar surface area (TPSA) is 15.3 Å². The first-order valence-corrected chi connectivity index (χ1v) is 5.37. The van der Waals surface area contributed by atoms with Crippen molar-refractivity contribution in [3.8, 4) is 0 Å². The smallest absolute Gasteiger partial charge is 0.0246 e. The van der Waals surface area contributed by atoms with Gasteiger partial charge in [-0.2, -0.15) is 0 Å². The van der Waals surface area contributed by atoms with Crippen molar-refractivity contribution in [1.82, 2.24) is 10.2 Å². The van der Waals surface area contributed by atoms with Crippen LogP contribution in [0.2, 0.25) is 0 Å². The van der Waals surface area contributed by atoms with Crippen molar-refractivity contribution in [3.63, 3.8) is 0 Å². The van der Waals surface area contributed by atoms with Crippen molar-refractivity contribution in [2.75, 3.05) is 20.1 Å². The van der Waals surface area contributed by atoms with E-state index in [0.29, 0.717) is 17.5 Å². The van der Waals surface area contributed by atoms with Gasteiger partial charge in [0.1, 0.15) is 0 Å². The molecule has 2 nitrogen and oxygen atoms in total. The van der Waals surface area contributed by atoms with Crippen molar-refractivity contribution < 1.29 is 0 Å². The van der Waals surface area contributed by atoms with Gasteiger partial charge in [-0.3, -0.25) is 0 Å². The Morgan fingerprint density at radius 1 is 1.46 bits per heavy atom. The summed E-state index contributed by atoms with van der Waals surface area (Å²) in [5, 5.41) is 3.59. The van der Waals surface area contributed by atoms with Crippen LogP contribution in [0.15, 0.2) is 0 Å². The zero-order chi connectivity index (χ0) is 10.1. The Kier molecular flexibility index (Phi) is 3.36. The Balaban J connectivity index is 2.45. The monoisotopic (exact) mass is 184 g/mol. The van der Waals surface area contributed by atoms with Crippen molar-refractivity contribution in [1.29, 1.82) is 0 Å². The van der Waals surface area contributed by atoms with Gasteiger partial charge in [0.05, 0.1) is 0 Å². The van der Waals surface area contributed by atoms with Crippen LogP contribution < -0.4 is 5.32 Å². The summed E-state index contributed by atoms with van der Waals surface area (Å²) in [5.74, 6) is 0. The Hall–Kier alpha value is -0.0800. The Morgan fingerprint density at radius 3 is 2.46 bits per heavy atom. The third-order valence-electron chi connectivity index (χ3n) is 3.46. The minimum absolute atomic E-state index is 0.475. The van der Waals surface area contributed by atoms with E-state index in [1.54, 1.807) is 0 Å². The molecule has 1 saturated heterocycles. The lowest BCUT2D eigenvalue weighted by Gasteiger charge is -2.32. The first kappa shape index (κ1) is 11.0. The van der Waals surface area contributed by atoms with Gasteiger partial charge in [0, 0.05) is 18.6 Å². The van der Waals surface area contributed by atoms with E-state index in [2.05, 4.69) is 45.0 Å². The summed E-state index contributed by atoms with van der Waals surface area (Å²) in [6.45, 7) is 11.6. The molecular formula is C11H24N2. The van der Waals surface area contributed by atoms with Gasteiger partial charge in [0.25, 0.3) is 0 Å². The number of hydrogen-bond donors (Lipinski definition) is 1. The molecule has 0 bridgehead atoms. The fourth-order valence-electron chi connectivity index (χ4n) is 1.83. The van der Waals surface area contributed by atoms with Gasteiger partial charge in [-0.1, -0.05) is 13.8 Å². The maximum absolute atomic E-state index is 3.59.